The minimum absolute atomic E-state index is 0.0172. The molecule has 1 unspecified atom stereocenters. The third-order valence-corrected chi connectivity index (χ3v) is 5.71. The van der Waals surface area contributed by atoms with Crippen molar-refractivity contribution in [3.8, 4) is 5.75 Å². The van der Waals surface area contributed by atoms with Crippen LogP contribution in [-0.4, -0.2) is 79.4 Å². The van der Waals surface area contributed by atoms with Gasteiger partial charge in [0.2, 0.25) is 12.1 Å². The lowest BCUT2D eigenvalue weighted by Gasteiger charge is -2.30. The van der Waals surface area contributed by atoms with Crippen molar-refractivity contribution in [2.75, 3.05) is 34.7 Å². The lowest BCUT2D eigenvalue weighted by Crippen LogP contribution is -2.39. The number of para-hydroxylation sites is 1. The first-order valence-electron chi connectivity index (χ1n) is 11.5. The number of rotatable bonds is 6. The molecule has 2 aromatic rings. The molecule has 0 saturated carbocycles. The highest BCUT2D eigenvalue weighted by atomic mass is 16.5. The predicted octanol–water partition coefficient (Wildman–Crippen LogP) is 2.69. The van der Waals surface area contributed by atoms with Crippen LogP contribution in [0.15, 0.2) is 70.1 Å². The van der Waals surface area contributed by atoms with Crippen molar-refractivity contribution in [1.29, 1.82) is 0 Å². The van der Waals surface area contributed by atoms with Gasteiger partial charge in [0.05, 0.1) is 23.9 Å². The van der Waals surface area contributed by atoms with Gasteiger partial charge in [-0.1, -0.05) is 24.3 Å². The minimum Gasteiger partial charge on any atom is -0.490 e. The van der Waals surface area contributed by atoms with Crippen LogP contribution in [0.5, 0.6) is 5.75 Å². The number of benzene rings is 2. The van der Waals surface area contributed by atoms with Crippen molar-refractivity contribution in [2.24, 2.45) is 15.8 Å². The Morgan fingerprint density at radius 2 is 1.83 bits per heavy atom. The number of ether oxygens (including phenoxy) is 2. The third kappa shape index (κ3) is 4.94. The number of hydrazone groups is 1. The van der Waals surface area contributed by atoms with Crippen molar-refractivity contribution < 1.29 is 14.3 Å². The fourth-order valence-corrected chi connectivity index (χ4v) is 3.90. The molecule has 184 valence electrons. The van der Waals surface area contributed by atoms with Crippen LogP contribution in [0.3, 0.4) is 0 Å². The molecule has 2 heterocycles. The van der Waals surface area contributed by atoms with Crippen LogP contribution in [-0.2, 0) is 4.74 Å². The maximum Gasteiger partial charge on any atom is 0.253 e. The number of hydrogen-bond acceptors (Lipinski definition) is 8. The average molecular weight is 477 g/mol. The van der Waals surface area contributed by atoms with Gasteiger partial charge in [-0.15, -0.1) is 5.10 Å². The number of carbonyl (C=O) groups excluding carboxylic acids is 1. The van der Waals surface area contributed by atoms with E-state index in [-0.39, 0.29) is 12.0 Å². The van der Waals surface area contributed by atoms with Gasteiger partial charge in [0.25, 0.3) is 5.91 Å². The zero-order valence-corrected chi connectivity index (χ0v) is 21.0. The number of amides is 1. The number of hydrogen-bond donors (Lipinski definition) is 1. The Kier molecular flexibility index (Phi) is 6.68. The van der Waals surface area contributed by atoms with Crippen LogP contribution in [0.1, 0.15) is 35.3 Å². The smallest absolute Gasteiger partial charge is 0.253 e. The largest absolute Gasteiger partial charge is 0.490 e. The number of aliphatic imine (C=N–C) groups is 1. The summed E-state index contributed by atoms with van der Waals surface area (Å²) < 4.78 is 12.2. The first kappa shape index (κ1) is 24.1. The predicted molar refractivity (Wildman–Crippen MR) is 136 cm³/mol. The fraction of sp³-hybridized carbons (Fsp3) is 0.346. The third-order valence-electron chi connectivity index (χ3n) is 5.71. The van der Waals surface area contributed by atoms with Gasteiger partial charge in [0.1, 0.15) is 17.3 Å². The zero-order chi connectivity index (χ0) is 25.3. The average Bonchev–Trinajstić information content (AvgIpc) is 3.21. The second-order valence-corrected chi connectivity index (χ2v) is 9.07. The van der Waals surface area contributed by atoms with Crippen LogP contribution in [0.2, 0.25) is 0 Å². The maximum absolute atomic E-state index is 12.2. The van der Waals surface area contributed by atoms with E-state index in [4.69, 9.17) is 20.2 Å². The number of likely N-dealkylation sites (N-methyl/N-ethyl adjacent to an activating group) is 2. The second-order valence-electron chi connectivity index (χ2n) is 9.07. The Bertz CT molecular complexity index is 1200. The minimum atomic E-state index is -0.593. The van der Waals surface area contributed by atoms with E-state index < -0.39 is 6.23 Å². The Balaban J connectivity index is 1.61. The molecule has 1 amide bonds. The molecule has 9 nitrogen and oxygen atoms in total. The van der Waals surface area contributed by atoms with Gasteiger partial charge in [0.15, 0.2) is 0 Å². The van der Waals surface area contributed by atoms with Gasteiger partial charge in [-0.3, -0.25) is 9.80 Å². The molecule has 0 aliphatic carbocycles. The standard InChI is InChI=1S/C26H32N6O3/c1-16(2)34-21-10-8-7-9-19(21)24-29-32(6)26(35-24)22-23(27)31(5)15-20(28-22)17-11-13-18(14-12-17)25(33)30(3)4/h7-14,16,26H,15,27H2,1-6H3. The molecule has 0 saturated heterocycles. The number of carbonyl (C=O) groups is 1. The summed E-state index contributed by atoms with van der Waals surface area (Å²) in [5, 5.41) is 6.33. The summed E-state index contributed by atoms with van der Waals surface area (Å²) in [5.74, 6) is 1.63. The molecule has 2 aromatic carbocycles. The molecule has 0 radical (unpaired) electrons. The van der Waals surface area contributed by atoms with Crippen LogP contribution in [0, 0.1) is 0 Å². The van der Waals surface area contributed by atoms with Crippen molar-refractivity contribution >= 4 is 17.5 Å². The van der Waals surface area contributed by atoms with Crippen molar-refractivity contribution in [3.05, 3.63) is 76.7 Å². The lowest BCUT2D eigenvalue weighted by molar-refractivity contribution is 0.0827. The van der Waals surface area contributed by atoms with Crippen molar-refractivity contribution in [3.63, 3.8) is 0 Å². The SMILES string of the molecule is CC(C)Oc1ccccc1C1=NN(C)C(C2=C(N)N(C)CC(c3ccc(C(=O)N(C)C)cc3)=N2)O1. The molecule has 0 bridgehead atoms. The van der Waals surface area contributed by atoms with E-state index in [1.54, 1.807) is 24.0 Å². The molecular weight excluding hydrogens is 444 g/mol. The van der Waals surface area contributed by atoms with E-state index >= 15 is 0 Å². The molecule has 0 spiro atoms. The topological polar surface area (TPSA) is 96.0 Å². The molecule has 4 rings (SSSR count). The van der Waals surface area contributed by atoms with Gasteiger partial charge in [-0.2, -0.15) is 0 Å². The van der Waals surface area contributed by atoms with E-state index in [1.165, 1.54) is 0 Å². The van der Waals surface area contributed by atoms with Crippen LogP contribution >= 0.6 is 0 Å². The van der Waals surface area contributed by atoms with E-state index in [9.17, 15) is 4.79 Å². The molecule has 2 aliphatic rings. The monoisotopic (exact) mass is 476 g/mol. The maximum atomic E-state index is 12.2. The lowest BCUT2D eigenvalue weighted by atomic mass is 10.0. The number of nitrogens with zero attached hydrogens (tertiary/aromatic N) is 5. The van der Waals surface area contributed by atoms with Gasteiger partial charge in [-0.05, 0) is 43.7 Å². The second kappa shape index (κ2) is 9.69. The molecule has 9 heteroatoms. The van der Waals surface area contributed by atoms with E-state index in [1.807, 2.05) is 81.4 Å². The van der Waals surface area contributed by atoms with Crippen molar-refractivity contribution in [1.82, 2.24) is 14.8 Å². The van der Waals surface area contributed by atoms with Crippen LogP contribution < -0.4 is 10.5 Å². The summed E-state index contributed by atoms with van der Waals surface area (Å²) in [6.45, 7) is 4.49. The Labute approximate surface area is 206 Å². The first-order chi connectivity index (χ1) is 16.7. The Hall–Kier alpha value is -4.01. The molecule has 2 aliphatic heterocycles. The molecule has 0 fully saturated rings. The summed E-state index contributed by atoms with van der Waals surface area (Å²) in [6, 6.07) is 15.1. The molecule has 0 aromatic heterocycles. The van der Waals surface area contributed by atoms with E-state index in [2.05, 4.69) is 5.10 Å². The summed E-state index contributed by atoms with van der Waals surface area (Å²) in [4.78, 5) is 20.6. The summed E-state index contributed by atoms with van der Waals surface area (Å²) in [7, 11) is 7.21. The molecular formula is C26H32N6O3. The summed E-state index contributed by atoms with van der Waals surface area (Å²) in [6.07, 6.45) is -0.576. The first-order valence-corrected chi connectivity index (χ1v) is 11.5. The summed E-state index contributed by atoms with van der Waals surface area (Å²) >= 11 is 0. The Morgan fingerprint density at radius 1 is 1.14 bits per heavy atom. The van der Waals surface area contributed by atoms with E-state index in [0.717, 1.165) is 16.8 Å². The fourth-order valence-electron chi connectivity index (χ4n) is 3.90. The Morgan fingerprint density at radius 3 is 2.49 bits per heavy atom. The summed E-state index contributed by atoms with van der Waals surface area (Å²) in [5.41, 5.74) is 10.2. The zero-order valence-electron chi connectivity index (χ0n) is 21.0. The highest BCUT2D eigenvalue weighted by molar-refractivity contribution is 6.04. The molecule has 35 heavy (non-hydrogen) atoms. The molecule has 2 N–H and O–H groups in total. The van der Waals surface area contributed by atoms with Gasteiger partial charge < -0.3 is 25.0 Å². The normalized spacial score (nSPS) is 17.9. The van der Waals surface area contributed by atoms with Crippen molar-refractivity contribution in [2.45, 2.75) is 26.2 Å². The van der Waals surface area contributed by atoms with Gasteiger partial charge in [-0.25, -0.2) is 4.99 Å². The van der Waals surface area contributed by atoms with Gasteiger partial charge >= 0.3 is 0 Å². The van der Waals surface area contributed by atoms with Gasteiger partial charge in [0, 0.05) is 33.8 Å². The highest BCUT2D eigenvalue weighted by Crippen LogP contribution is 2.30. The van der Waals surface area contributed by atoms with Crippen LogP contribution in [0.25, 0.3) is 0 Å². The van der Waals surface area contributed by atoms with Crippen LogP contribution in [0.4, 0.5) is 0 Å². The van der Waals surface area contributed by atoms with E-state index in [0.29, 0.717) is 35.3 Å². The highest BCUT2D eigenvalue weighted by Gasteiger charge is 2.35. The quantitative estimate of drug-likeness (QED) is 0.689. The molecule has 1 atom stereocenters. The number of nitrogens with two attached hydrogens (primary N) is 1.